The number of para-hydroxylation sites is 1. The molecule has 0 radical (unpaired) electrons. The number of halogens is 1. The molecular weight excluding hydrogens is 322 g/mol. The molecule has 1 aliphatic heterocycles. The Labute approximate surface area is 137 Å². The van der Waals surface area contributed by atoms with E-state index in [2.05, 4.69) is 15.0 Å². The number of piperidine rings is 1. The number of nitrogens with one attached hydrogen (secondary N) is 2. The quantitative estimate of drug-likeness (QED) is 0.891. The van der Waals surface area contributed by atoms with E-state index in [-0.39, 0.29) is 17.3 Å². The van der Waals surface area contributed by atoms with Crippen LogP contribution >= 0.6 is 12.4 Å². The normalized spacial score (nSPS) is 18.8. The first kappa shape index (κ1) is 17.1. The van der Waals surface area contributed by atoms with Crippen molar-refractivity contribution in [3.8, 4) is 0 Å². The molecule has 0 saturated carbocycles. The summed E-state index contributed by atoms with van der Waals surface area (Å²) in [6, 6.07) is 8.90. The van der Waals surface area contributed by atoms with E-state index in [4.69, 9.17) is 0 Å². The highest BCUT2D eigenvalue weighted by molar-refractivity contribution is 7.89. The molecule has 2 N–H and O–H groups in total. The van der Waals surface area contributed by atoms with E-state index in [1.807, 2.05) is 12.1 Å². The van der Waals surface area contributed by atoms with Gasteiger partial charge in [0, 0.05) is 18.1 Å². The van der Waals surface area contributed by atoms with Gasteiger partial charge in [-0.3, -0.25) is 4.98 Å². The number of aromatic nitrogens is 1. The van der Waals surface area contributed by atoms with Crippen molar-refractivity contribution in [2.45, 2.75) is 17.7 Å². The van der Waals surface area contributed by atoms with Crippen molar-refractivity contribution in [1.29, 1.82) is 0 Å². The lowest BCUT2D eigenvalue weighted by Crippen LogP contribution is -2.38. The van der Waals surface area contributed by atoms with Crippen molar-refractivity contribution in [2.24, 2.45) is 5.92 Å². The van der Waals surface area contributed by atoms with Crippen molar-refractivity contribution in [3.05, 3.63) is 36.5 Å². The van der Waals surface area contributed by atoms with Gasteiger partial charge in [-0.2, -0.15) is 0 Å². The Bertz CT molecular complexity index is 725. The monoisotopic (exact) mass is 341 g/mol. The van der Waals surface area contributed by atoms with Crippen molar-refractivity contribution < 1.29 is 8.42 Å². The highest BCUT2D eigenvalue weighted by atomic mass is 35.5. The minimum atomic E-state index is -3.53. The summed E-state index contributed by atoms with van der Waals surface area (Å²) in [4.78, 5) is 4.46. The van der Waals surface area contributed by atoms with Gasteiger partial charge in [-0.15, -0.1) is 12.4 Å². The smallest absolute Gasteiger partial charge is 0.242 e. The van der Waals surface area contributed by atoms with Crippen LogP contribution in [0.3, 0.4) is 0 Å². The minimum absolute atomic E-state index is 0. The SMILES string of the molecule is Cl.O=S(=O)(NCC1CCCNC1)c1cccc2cccnc12. The van der Waals surface area contributed by atoms with Gasteiger partial charge in [-0.05, 0) is 44.0 Å². The molecule has 2 heterocycles. The summed E-state index contributed by atoms with van der Waals surface area (Å²) < 4.78 is 27.8. The summed E-state index contributed by atoms with van der Waals surface area (Å²) in [5.41, 5.74) is 0.522. The van der Waals surface area contributed by atoms with Gasteiger partial charge < -0.3 is 5.32 Å². The molecule has 5 nitrogen and oxygen atoms in total. The van der Waals surface area contributed by atoms with Gasteiger partial charge in [0.1, 0.15) is 4.90 Å². The Balaban J connectivity index is 0.00000176. The predicted octanol–water partition coefficient (Wildman–Crippen LogP) is 1.93. The Morgan fingerprint density at radius 1 is 1.27 bits per heavy atom. The molecule has 1 saturated heterocycles. The van der Waals surface area contributed by atoms with E-state index in [9.17, 15) is 8.42 Å². The van der Waals surface area contributed by atoms with Gasteiger partial charge in [0.25, 0.3) is 0 Å². The second-order valence-corrected chi connectivity index (χ2v) is 7.13. The zero-order valence-electron chi connectivity index (χ0n) is 12.2. The Hall–Kier alpha value is -1.21. The first-order chi connectivity index (χ1) is 10.2. The van der Waals surface area contributed by atoms with Crippen molar-refractivity contribution in [2.75, 3.05) is 19.6 Å². The maximum atomic E-state index is 12.5. The number of hydrogen-bond acceptors (Lipinski definition) is 4. The van der Waals surface area contributed by atoms with Crippen LogP contribution in [-0.2, 0) is 10.0 Å². The van der Waals surface area contributed by atoms with Crippen molar-refractivity contribution in [1.82, 2.24) is 15.0 Å². The molecule has 1 atom stereocenters. The third-order valence-corrected chi connectivity index (χ3v) is 5.30. The molecule has 1 aromatic heterocycles. The summed E-state index contributed by atoms with van der Waals surface area (Å²) >= 11 is 0. The Morgan fingerprint density at radius 2 is 2.09 bits per heavy atom. The number of pyridine rings is 1. The molecule has 1 unspecified atom stereocenters. The number of fused-ring (bicyclic) bond motifs is 1. The molecule has 1 aliphatic rings. The molecule has 1 fully saturated rings. The molecule has 22 heavy (non-hydrogen) atoms. The van der Waals surface area contributed by atoms with Gasteiger partial charge in [0.05, 0.1) is 5.52 Å². The highest BCUT2D eigenvalue weighted by Gasteiger charge is 2.20. The van der Waals surface area contributed by atoms with Crippen LogP contribution in [0.25, 0.3) is 10.9 Å². The van der Waals surface area contributed by atoms with Gasteiger partial charge in [0.2, 0.25) is 10.0 Å². The largest absolute Gasteiger partial charge is 0.316 e. The minimum Gasteiger partial charge on any atom is -0.316 e. The molecule has 2 aromatic rings. The lowest BCUT2D eigenvalue weighted by Gasteiger charge is -2.22. The van der Waals surface area contributed by atoms with Gasteiger partial charge >= 0.3 is 0 Å². The number of benzene rings is 1. The number of hydrogen-bond donors (Lipinski definition) is 2. The van der Waals surface area contributed by atoms with Crippen molar-refractivity contribution >= 4 is 33.3 Å². The standard InChI is InChI=1S/C15H19N3O2S.ClH/c19-21(20,18-11-12-4-2-8-16-10-12)14-7-1-5-13-6-3-9-17-15(13)14;/h1,3,5-7,9,12,16,18H,2,4,8,10-11H2;1H. The summed E-state index contributed by atoms with van der Waals surface area (Å²) in [5, 5.41) is 4.13. The third-order valence-electron chi connectivity index (χ3n) is 3.85. The van der Waals surface area contributed by atoms with Crippen LogP contribution in [0.5, 0.6) is 0 Å². The molecule has 0 aliphatic carbocycles. The highest BCUT2D eigenvalue weighted by Crippen LogP contribution is 2.20. The third kappa shape index (κ3) is 3.76. The molecule has 3 rings (SSSR count). The van der Waals surface area contributed by atoms with Crippen LogP contribution in [-0.4, -0.2) is 33.0 Å². The van der Waals surface area contributed by atoms with E-state index in [1.165, 1.54) is 0 Å². The predicted molar refractivity (Wildman–Crippen MR) is 89.8 cm³/mol. The topological polar surface area (TPSA) is 71.1 Å². The molecular formula is C15H20ClN3O2S. The first-order valence-corrected chi connectivity index (χ1v) is 8.69. The zero-order valence-corrected chi connectivity index (χ0v) is 13.8. The second kappa shape index (κ2) is 7.37. The molecule has 7 heteroatoms. The molecule has 0 bridgehead atoms. The second-order valence-electron chi connectivity index (χ2n) is 5.40. The number of nitrogens with zero attached hydrogens (tertiary/aromatic N) is 1. The van der Waals surface area contributed by atoms with E-state index >= 15 is 0 Å². The summed E-state index contributed by atoms with van der Waals surface area (Å²) in [5.74, 6) is 0.358. The van der Waals surface area contributed by atoms with Gasteiger partial charge in [-0.25, -0.2) is 13.1 Å². The van der Waals surface area contributed by atoms with E-state index < -0.39 is 10.0 Å². The lowest BCUT2D eigenvalue weighted by atomic mass is 10.0. The van der Waals surface area contributed by atoms with Gasteiger partial charge in [-0.1, -0.05) is 18.2 Å². The Kier molecular flexibility index (Phi) is 5.74. The van der Waals surface area contributed by atoms with Crippen molar-refractivity contribution in [3.63, 3.8) is 0 Å². The van der Waals surface area contributed by atoms with Gasteiger partial charge in [0.15, 0.2) is 0 Å². The summed E-state index contributed by atoms with van der Waals surface area (Å²) in [6.07, 6.45) is 3.78. The van der Waals surface area contributed by atoms with E-state index in [0.29, 0.717) is 18.0 Å². The first-order valence-electron chi connectivity index (χ1n) is 7.21. The molecule has 0 spiro atoms. The van der Waals surface area contributed by atoms with Crippen LogP contribution in [0.15, 0.2) is 41.4 Å². The molecule has 120 valence electrons. The van der Waals surface area contributed by atoms with Crippen LogP contribution in [0.2, 0.25) is 0 Å². The fourth-order valence-electron chi connectivity index (χ4n) is 2.70. The lowest BCUT2D eigenvalue weighted by molar-refractivity contribution is 0.376. The van der Waals surface area contributed by atoms with Crippen LogP contribution in [0.4, 0.5) is 0 Å². The number of sulfonamides is 1. The van der Waals surface area contributed by atoms with Crippen LogP contribution in [0.1, 0.15) is 12.8 Å². The fraction of sp³-hybridized carbons (Fsp3) is 0.400. The summed E-state index contributed by atoms with van der Waals surface area (Å²) in [6.45, 7) is 2.37. The maximum absolute atomic E-state index is 12.5. The Morgan fingerprint density at radius 3 is 2.86 bits per heavy atom. The maximum Gasteiger partial charge on any atom is 0.242 e. The zero-order chi connectivity index (χ0) is 14.7. The van der Waals surface area contributed by atoms with Crippen LogP contribution in [0, 0.1) is 5.92 Å². The summed E-state index contributed by atoms with van der Waals surface area (Å²) in [7, 11) is -3.53. The average Bonchev–Trinajstić information content (AvgIpc) is 2.53. The van der Waals surface area contributed by atoms with E-state index in [0.717, 1.165) is 31.3 Å². The van der Waals surface area contributed by atoms with E-state index in [1.54, 1.807) is 24.4 Å². The average molecular weight is 342 g/mol. The molecule has 0 amide bonds. The molecule has 1 aromatic carbocycles. The fourth-order valence-corrected chi connectivity index (χ4v) is 3.99. The number of rotatable bonds is 4. The van der Waals surface area contributed by atoms with Crippen LogP contribution < -0.4 is 10.0 Å².